The van der Waals surface area contributed by atoms with Crippen molar-refractivity contribution >= 4 is 29.0 Å². The minimum atomic E-state index is -0.568. The molecule has 0 atom stereocenters. The maximum Gasteiger partial charge on any atom is 0.410 e. The van der Waals surface area contributed by atoms with Gasteiger partial charge in [-0.3, -0.25) is 9.59 Å². The molecule has 0 unspecified atom stereocenters. The third-order valence-corrected chi connectivity index (χ3v) is 5.45. The molecule has 2 heterocycles. The van der Waals surface area contributed by atoms with Gasteiger partial charge in [-0.1, -0.05) is 0 Å². The van der Waals surface area contributed by atoms with Gasteiger partial charge >= 0.3 is 6.09 Å². The van der Waals surface area contributed by atoms with Crippen molar-refractivity contribution in [2.45, 2.75) is 45.3 Å². The molecular weight excluding hydrogens is 389 g/mol. The molecule has 1 aromatic heterocycles. The molecular formula is C22H26FN3O4. The number of aldehydes is 1. The predicted octanol–water partition coefficient (Wildman–Crippen LogP) is 3.35. The van der Waals surface area contributed by atoms with Crippen LogP contribution >= 0.6 is 0 Å². The van der Waals surface area contributed by atoms with Gasteiger partial charge in [0.15, 0.2) is 11.7 Å². The number of ether oxygens (including phenoxy) is 1. The van der Waals surface area contributed by atoms with Crippen molar-refractivity contribution < 1.29 is 18.7 Å². The lowest BCUT2D eigenvalue weighted by molar-refractivity contribution is 0.0240. The van der Waals surface area contributed by atoms with Crippen LogP contribution in [-0.2, 0) is 4.74 Å². The van der Waals surface area contributed by atoms with Crippen LogP contribution in [0.5, 0.6) is 0 Å². The molecule has 2 aromatic rings. The van der Waals surface area contributed by atoms with Crippen molar-refractivity contribution in [2.75, 3.05) is 31.1 Å². The number of fused-ring (bicyclic) bond motifs is 1. The number of halogens is 1. The van der Waals surface area contributed by atoms with Crippen LogP contribution in [0.25, 0.3) is 10.9 Å². The number of benzene rings is 1. The summed E-state index contributed by atoms with van der Waals surface area (Å²) >= 11 is 0. The molecule has 30 heavy (non-hydrogen) atoms. The number of anilines is 1. The fraction of sp³-hybridized carbons (Fsp3) is 0.500. The summed E-state index contributed by atoms with van der Waals surface area (Å²) in [7, 11) is 0. The standard InChI is InChI=1S/C22H26FN3O4/c1-22(2,3)30-21(29)25-8-6-24(7-9-25)19-12-18-16(11-17(19)23)20(28)10-15(13-27)26(18)14-4-5-14/h10-14H,4-9H2,1-3H3. The molecule has 0 N–H and O–H groups in total. The van der Waals surface area contributed by atoms with Gasteiger partial charge in [-0.2, -0.15) is 0 Å². The molecule has 1 saturated heterocycles. The molecule has 160 valence electrons. The van der Waals surface area contributed by atoms with E-state index in [1.54, 1.807) is 11.0 Å². The van der Waals surface area contributed by atoms with Gasteiger partial charge in [0.05, 0.1) is 16.9 Å². The molecule has 0 spiro atoms. The van der Waals surface area contributed by atoms with Crippen LogP contribution in [0.3, 0.4) is 0 Å². The first-order valence-electron chi connectivity index (χ1n) is 10.2. The first-order valence-corrected chi connectivity index (χ1v) is 10.2. The van der Waals surface area contributed by atoms with Crippen LogP contribution in [0.2, 0.25) is 0 Å². The topological polar surface area (TPSA) is 71.8 Å². The van der Waals surface area contributed by atoms with Crippen LogP contribution in [0.15, 0.2) is 23.0 Å². The smallest absolute Gasteiger partial charge is 0.410 e. The van der Waals surface area contributed by atoms with E-state index in [4.69, 9.17) is 4.74 Å². The average Bonchev–Trinajstić information content (AvgIpc) is 3.51. The highest BCUT2D eigenvalue weighted by atomic mass is 19.1. The first kappa shape index (κ1) is 20.4. The van der Waals surface area contributed by atoms with Crippen molar-refractivity contribution in [2.24, 2.45) is 0 Å². The van der Waals surface area contributed by atoms with E-state index in [-0.39, 0.29) is 23.0 Å². The fourth-order valence-corrected chi connectivity index (χ4v) is 3.90. The van der Waals surface area contributed by atoms with E-state index in [2.05, 4.69) is 0 Å². The number of nitrogens with zero attached hydrogens (tertiary/aromatic N) is 3. The number of amides is 1. The van der Waals surface area contributed by atoms with E-state index in [0.717, 1.165) is 12.8 Å². The van der Waals surface area contributed by atoms with Gasteiger partial charge in [0.2, 0.25) is 0 Å². The average molecular weight is 415 g/mol. The van der Waals surface area contributed by atoms with Crippen LogP contribution in [0.4, 0.5) is 14.9 Å². The molecule has 1 amide bonds. The van der Waals surface area contributed by atoms with Gasteiger partial charge in [-0.25, -0.2) is 9.18 Å². The fourth-order valence-electron chi connectivity index (χ4n) is 3.90. The van der Waals surface area contributed by atoms with Crippen molar-refractivity contribution in [3.05, 3.63) is 39.9 Å². The third kappa shape index (κ3) is 3.91. The second kappa shape index (κ2) is 7.41. The Morgan fingerprint density at radius 1 is 1.13 bits per heavy atom. The highest BCUT2D eigenvalue weighted by molar-refractivity contribution is 5.87. The van der Waals surface area contributed by atoms with Gasteiger partial charge in [0.1, 0.15) is 11.4 Å². The molecule has 1 aromatic carbocycles. The van der Waals surface area contributed by atoms with E-state index in [0.29, 0.717) is 49.4 Å². The van der Waals surface area contributed by atoms with Crippen molar-refractivity contribution in [1.29, 1.82) is 0 Å². The predicted molar refractivity (Wildman–Crippen MR) is 112 cm³/mol. The Kier molecular flexibility index (Phi) is 5.03. The zero-order valence-corrected chi connectivity index (χ0v) is 17.5. The van der Waals surface area contributed by atoms with Crippen LogP contribution in [0.1, 0.15) is 50.1 Å². The maximum absolute atomic E-state index is 14.9. The largest absolute Gasteiger partial charge is 0.444 e. The van der Waals surface area contributed by atoms with E-state index in [9.17, 15) is 18.8 Å². The second-order valence-corrected chi connectivity index (χ2v) is 8.93. The van der Waals surface area contributed by atoms with Crippen LogP contribution < -0.4 is 10.3 Å². The minimum absolute atomic E-state index is 0.163. The lowest BCUT2D eigenvalue weighted by Crippen LogP contribution is -2.50. The Bertz CT molecular complexity index is 1060. The number of pyridine rings is 1. The van der Waals surface area contributed by atoms with Crippen molar-refractivity contribution in [3.63, 3.8) is 0 Å². The minimum Gasteiger partial charge on any atom is -0.444 e. The highest BCUT2D eigenvalue weighted by Gasteiger charge is 2.30. The third-order valence-electron chi connectivity index (χ3n) is 5.45. The number of carbonyl (C=O) groups excluding carboxylic acids is 2. The number of rotatable bonds is 3. The van der Waals surface area contributed by atoms with Crippen molar-refractivity contribution in [3.8, 4) is 0 Å². The molecule has 0 radical (unpaired) electrons. The molecule has 4 rings (SSSR count). The Labute approximate surface area is 174 Å². The molecule has 2 aliphatic rings. The lowest BCUT2D eigenvalue weighted by Gasteiger charge is -2.37. The van der Waals surface area contributed by atoms with Crippen molar-refractivity contribution in [1.82, 2.24) is 9.47 Å². The van der Waals surface area contributed by atoms with Gasteiger partial charge in [0, 0.05) is 43.7 Å². The molecule has 0 bridgehead atoms. The monoisotopic (exact) mass is 415 g/mol. The Morgan fingerprint density at radius 2 is 1.80 bits per heavy atom. The molecule has 8 heteroatoms. The number of hydrogen-bond acceptors (Lipinski definition) is 5. The molecule has 1 aliphatic heterocycles. The van der Waals surface area contributed by atoms with Gasteiger partial charge < -0.3 is 19.1 Å². The lowest BCUT2D eigenvalue weighted by atomic mass is 10.1. The first-order chi connectivity index (χ1) is 14.2. The second-order valence-electron chi connectivity index (χ2n) is 8.93. The number of hydrogen-bond donors (Lipinski definition) is 0. The molecule has 2 fully saturated rings. The van der Waals surface area contributed by atoms with Crippen LogP contribution in [0, 0.1) is 5.82 Å². The van der Waals surface area contributed by atoms with E-state index in [1.165, 1.54) is 12.1 Å². The Balaban J connectivity index is 1.63. The van der Waals surface area contributed by atoms with E-state index < -0.39 is 11.4 Å². The number of aromatic nitrogens is 1. The number of carbonyl (C=O) groups is 2. The summed E-state index contributed by atoms with van der Waals surface area (Å²) in [6.45, 7) is 7.17. The highest BCUT2D eigenvalue weighted by Crippen LogP contribution is 2.39. The summed E-state index contributed by atoms with van der Waals surface area (Å²) in [6.07, 6.45) is 2.17. The Morgan fingerprint density at radius 3 is 2.37 bits per heavy atom. The zero-order valence-electron chi connectivity index (χ0n) is 17.5. The molecule has 7 nitrogen and oxygen atoms in total. The SMILES string of the molecule is CC(C)(C)OC(=O)N1CCN(c2cc3c(cc2F)c(=O)cc(C=O)n3C2CC2)CC1. The van der Waals surface area contributed by atoms with Gasteiger partial charge in [0.25, 0.3) is 0 Å². The summed E-state index contributed by atoms with van der Waals surface area (Å²) in [5, 5.41) is 0.279. The van der Waals surface area contributed by atoms with E-state index >= 15 is 0 Å². The summed E-state index contributed by atoms with van der Waals surface area (Å²) < 4.78 is 22.2. The summed E-state index contributed by atoms with van der Waals surface area (Å²) in [4.78, 5) is 39.7. The zero-order chi connectivity index (χ0) is 21.6. The van der Waals surface area contributed by atoms with Gasteiger partial charge in [-0.15, -0.1) is 0 Å². The maximum atomic E-state index is 14.9. The molecule has 1 aliphatic carbocycles. The molecule has 1 saturated carbocycles. The van der Waals surface area contributed by atoms with E-state index in [1.807, 2.05) is 30.2 Å². The van der Waals surface area contributed by atoms with Gasteiger partial charge in [-0.05, 0) is 45.7 Å². The number of piperazine rings is 1. The Hall–Kier alpha value is -2.90. The summed E-state index contributed by atoms with van der Waals surface area (Å²) in [5.41, 5.74) is 0.356. The summed E-state index contributed by atoms with van der Waals surface area (Å²) in [5.74, 6) is -0.480. The van der Waals surface area contributed by atoms with Crippen LogP contribution in [-0.4, -0.2) is 53.6 Å². The quantitative estimate of drug-likeness (QED) is 0.719. The summed E-state index contributed by atoms with van der Waals surface area (Å²) in [6, 6.07) is 4.38. The normalized spacial score (nSPS) is 17.3.